The number of benzene rings is 2. The fraction of sp³-hybridized carbons (Fsp3) is 0.190. The van der Waals surface area contributed by atoms with Crippen molar-refractivity contribution in [2.45, 2.75) is 13.1 Å². The second kappa shape index (κ2) is 8.81. The molecule has 0 aliphatic rings. The number of alkyl halides is 3. The summed E-state index contributed by atoms with van der Waals surface area (Å²) < 4.78 is 49.5. The van der Waals surface area contributed by atoms with Gasteiger partial charge in [0.2, 0.25) is 0 Å². The Morgan fingerprint density at radius 2 is 1.90 bits per heavy atom. The molecule has 0 spiro atoms. The van der Waals surface area contributed by atoms with Crippen LogP contribution in [0, 0.1) is 6.92 Å². The summed E-state index contributed by atoms with van der Waals surface area (Å²) in [6, 6.07) is 9.76. The van der Waals surface area contributed by atoms with E-state index in [0.29, 0.717) is 22.3 Å². The third-order valence-corrected chi connectivity index (χ3v) is 4.67. The monoisotopic (exact) mass is 452 g/mol. The minimum absolute atomic E-state index is 0.124. The number of aryl methyl sites for hydroxylation is 1. The van der Waals surface area contributed by atoms with E-state index in [-0.39, 0.29) is 10.6 Å². The number of ether oxygens (including phenoxy) is 2. The first-order valence-electron chi connectivity index (χ1n) is 8.88. The van der Waals surface area contributed by atoms with Crippen molar-refractivity contribution >= 4 is 40.1 Å². The summed E-state index contributed by atoms with van der Waals surface area (Å²) in [4.78, 5) is 28.8. The highest BCUT2D eigenvalue weighted by molar-refractivity contribution is 6.34. The fourth-order valence-electron chi connectivity index (χ4n) is 2.85. The number of para-hydroxylation sites is 1. The van der Waals surface area contributed by atoms with Crippen LogP contribution in [0.4, 0.5) is 18.9 Å². The normalized spacial score (nSPS) is 11.3. The Balaban J connectivity index is 1.73. The number of halogens is 4. The number of anilines is 1. The molecule has 2 aromatic carbocycles. The van der Waals surface area contributed by atoms with Gasteiger partial charge in [0, 0.05) is 11.5 Å². The molecule has 0 fully saturated rings. The molecule has 0 aliphatic heterocycles. The molecule has 0 aliphatic carbocycles. The van der Waals surface area contributed by atoms with Gasteiger partial charge in [0.1, 0.15) is 5.75 Å². The molecule has 0 atom stereocenters. The van der Waals surface area contributed by atoms with Gasteiger partial charge in [-0.05, 0) is 37.3 Å². The number of esters is 1. The standard InChI is InChI=1S/C21H16ClF3N2O4/c1-11-14(8-12-6-7-13(30-2)9-17(12)26-11)20(29)31-10-18(28)27-19-15(21(23,24)25)4-3-5-16(19)22/h3-9H,10H2,1-2H3,(H,27,28). The number of pyridine rings is 1. The van der Waals surface area contributed by atoms with Crippen molar-refractivity contribution in [3.05, 3.63) is 64.3 Å². The predicted octanol–water partition coefficient (Wildman–Crippen LogP) is 5.02. The Bertz CT molecular complexity index is 1170. The summed E-state index contributed by atoms with van der Waals surface area (Å²) in [6.07, 6.45) is -4.72. The van der Waals surface area contributed by atoms with Crippen molar-refractivity contribution in [1.29, 1.82) is 0 Å². The van der Waals surface area contributed by atoms with E-state index < -0.39 is 35.9 Å². The van der Waals surface area contributed by atoms with E-state index in [4.69, 9.17) is 21.1 Å². The molecule has 162 valence electrons. The molecule has 1 amide bonds. The minimum Gasteiger partial charge on any atom is -0.497 e. The van der Waals surface area contributed by atoms with Gasteiger partial charge in [-0.25, -0.2) is 4.79 Å². The van der Waals surface area contributed by atoms with Gasteiger partial charge in [-0.15, -0.1) is 0 Å². The average Bonchev–Trinajstić information content (AvgIpc) is 2.71. The molecule has 0 bridgehead atoms. The Morgan fingerprint density at radius 3 is 2.58 bits per heavy atom. The molecule has 0 unspecified atom stereocenters. The molecule has 0 saturated carbocycles. The summed E-state index contributed by atoms with van der Waals surface area (Å²) >= 11 is 5.80. The van der Waals surface area contributed by atoms with Gasteiger partial charge in [0.05, 0.1) is 40.2 Å². The van der Waals surface area contributed by atoms with Gasteiger partial charge in [-0.1, -0.05) is 17.7 Å². The highest BCUT2D eigenvalue weighted by Crippen LogP contribution is 2.38. The lowest BCUT2D eigenvalue weighted by atomic mass is 10.1. The number of methoxy groups -OCH3 is 1. The lowest BCUT2D eigenvalue weighted by Crippen LogP contribution is -2.23. The van der Waals surface area contributed by atoms with Crippen molar-refractivity contribution in [1.82, 2.24) is 4.98 Å². The van der Waals surface area contributed by atoms with Crippen LogP contribution in [0.1, 0.15) is 21.6 Å². The third kappa shape index (κ3) is 5.05. The Labute approximate surface area is 179 Å². The maximum Gasteiger partial charge on any atom is 0.418 e. The van der Waals surface area contributed by atoms with Gasteiger partial charge >= 0.3 is 12.1 Å². The topological polar surface area (TPSA) is 77.5 Å². The number of amides is 1. The lowest BCUT2D eigenvalue weighted by Gasteiger charge is -2.15. The average molecular weight is 453 g/mol. The van der Waals surface area contributed by atoms with Gasteiger partial charge in [-0.3, -0.25) is 9.78 Å². The molecule has 3 rings (SSSR count). The highest BCUT2D eigenvalue weighted by atomic mass is 35.5. The van der Waals surface area contributed by atoms with Crippen LogP contribution in [0.15, 0.2) is 42.5 Å². The van der Waals surface area contributed by atoms with E-state index in [0.717, 1.165) is 12.1 Å². The largest absolute Gasteiger partial charge is 0.497 e. The molecule has 10 heteroatoms. The van der Waals surface area contributed by atoms with Crippen LogP contribution in [-0.2, 0) is 15.7 Å². The van der Waals surface area contributed by atoms with Crippen molar-refractivity contribution < 1.29 is 32.2 Å². The third-order valence-electron chi connectivity index (χ3n) is 4.35. The van der Waals surface area contributed by atoms with Crippen molar-refractivity contribution in [3.8, 4) is 5.75 Å². The number of nitrogens with one attached hydrogen (secondary N) is 1. The smallest absolute Gasteiger partial charge is 0.418 e. The number of rotatable bonds is 5. The second-order valence-electron chi connectivity index (χ2n) is 6.46. The minimum atomic E-state index is -4.72. The Morgan fingerprint density at radius 1 is 1.16 bits per heavy atom. The number of hydrogen-bond donors (Lipinski definition) is 1. The van der Waals surface area contributed by atoms with Crippen LogP contribution < -0.4 is 10.1 Å². The Kier molecular flexibility index (Phi) is 6.35. The summed E-state index contributed by atoms with van der Waals surface area (Å²) in [5, 5.41) is 2.41. The van der Waals surface area contributed by atoms with Gasteiger partial charge in [0.15, 0.2) is 6.61 Å². The number of carbonyl (C=O) groups excluding carboxylic acids is 2. The highest BCUT2D eigenvalue weighted by Gasteiger charge is 2.34. The number of hydrogen-bond acceptors (Lipinski definition) is 5. The molecular formula is C21H16ClF3N2O4. The van der Waals surface area contributed by atoms with E-state index in [1.165, 1.54) is 13.2 Å². The maximum atomic E-state index is 13.1. The van der Waals surface area contributed by atoms with Crippen LogP contribution in [0.2, 0.25) is 5.02 Å². The van der Waals surface area contributed by atoms with Crippen molar-refractivity contribution in [2.75, 3.05) is 19.0 Å². The predicted molar refractivity (Wildman–Crippen MR) is 108 cm³/mol. The molecule has 1 heterocycles. The number of carbonyl (C=O) groups is 2. The van der Waals surface area contributed by atoms with E-state index in [1.807, 2.05) is 0 Å². The first-order chi connectivity index (χ1) is 14.6. The lowest BCUT2D eigenvalue weighted by molar-refractivity contribution is -0.137. The fourth-order valence-corrected chi connectivity index (χ4v) is 3.07. The molecule has 1 aromatic heterocycles. The summed E-state index contributed by atoms with van der Waals surface area (Å²) in [5.74, 6) is -1.21. The summed E-state index contributed by atoms with van der Waals surface area (Å²) in [6.45, 7) is 0.788. The van der Waals surface area contributed by atoms with Gasteiger partial charge < -0.3 is 14.8 Å². The summed E-state index contributed by atoms with van der Waals surface area (Å²) in [5.41, 5.74) is -0.625. The Hall–Kier alpha value is -3.33. The first-order valence-corrected chi connectivity index (χ1v) is 9.26. The number of aromatic nitrogens is 1. The molecule has 1 N–H and O–H groups in total. The van der Waals surface area contributed by atoms with Crippen molar-refractivity contribution in [3.63, 3.8) is 0 Å². The van der Waals surface area contributed by atoms with Crippen LogP contribution in [0.25, 0.3) is 10.9 Å². The van der Waals surface area contributed by atoms with E-state index in [2.05, 4.69) is 10.3 Å². The van der Waals surface area contributed by atoms with Crippen molar-refractivity contribution in [2.24, 2.45) is 0 Å². The van der Waals surface area contributed by atoms with Crippen LogP contribution in [-0.4, -0.2) is 30.6 Å². The van der Waals surface area contributed by atoms with Crippen LogP contribution in [0.3, 0.4) is 0 Å². The molecule has 0 saturated heterocycles. The zero-order chi connectivity index (χ0) is 22.8. The second-order valence-corrected chi connectivity index (χ2v) is 6.87. The summed E-state index contributed by atoms with van der Waals surface area (Å²) in [7, 11) is 1.52. The first kappa shape index (κ1) is 22.4. The van der Waals surface area contributed by atoms with Crippen LogP contribution >= 0.6 is 11.6 Å². The molecule has 31 heavy (non-hydrogen) atoms. The van der Waals surface area contributed by atoms with E-state index in [9.17, 15) is 22.8 Å². The molecule has 6 nitrogen and oxygen atoms in total. The molecular weight excluding hydrogens is 437 g/mol. The maximum absolute atomic E-state index is 13.1. The van der Waals surface area contributed by atoms with Gasteiger partial charge in [-0.2, -0.15) is 13.2 Å². The van der Waals surface area contributed by atoms with E-state index >= 15 is 0 Å². The van der Waals surface area contributed by atoms with Gasteiger partial charge in [0.25, 0.3) is 5.91 Å². The van der Waals surface area contributed by atoms with E-state index in [1.54, 1.807) is 31.2 Å². The number of fused-ring (bicyclic) bond motifs is 1. The molecule has 0 radical (unpaired) electrons. The zero-order valence-corrected chi connectivity index (χ0v) is 17.1. The van der Waals surface area contributed by atoms with Crippen LogP contribution in [0.5, 0.6) is 5.75 Å². The molecule has 3 aromatic rings. The quantitative estimate of drug-likeness (QED) is 0.550. The number of nitrogens with zero attached hydrogens (tertiary/aromatic N) is 1. The zero-order valence-electron chi connectivity index (χ0n) is 16.3. The SMILES string of the molecule is COc1ccc2cc(C(=O)OCC(=O)Nc3c(Cl)cccc3C(F)(F)F)c(C)nc2c1.